The van der Waals surface area contributed by atoms with Crippen LogP contribution < -0.4 is 10.6 Å². The predicted octanol–water partition coefficient (Wildman–Crippen LogP) is 2.97. The Bertz CT molecular complexity index is 595. The Kier molecular flexibility index (Phi) is 5.55. The number of rotatable bonds is 7. The Balaban J connectivity index is 2.09. The van der Waals surface area contributed by atoms with E-state index >= 15 is 0 Å². The van der Waals surface area contributed by atoms with Crippen LogP contribution in [-0.4, -0.2) is 26.3 Å². The number of aromatic nitrogens is 4. The number of nitrogens with one attached hydrogen (secondary N) is 2. The van der Waals surface area contributed by atoms with Gasteiger partial charge in [-0.3, -0.25) is 4.68 Å². The highest BCUT2D eigenvalue weighted by Gasteiger charge is 2.10. The van der Waals surface area contributed by atoms with E-state index in [1.165, 1.54) is 5.56 Å². The molecule has 0 unspecified atom stereocenters. The maximum atomic E-state index is 4.44. The Labute approximate surface area is 133 Å². The normalized spacial score (nSPS) is 10.7. The lowest BCUT2D eigenvalue weighted by molar-refractivity contribution is 0.746. The van der Waals surface area contributed by atoms with E-state index in [0.29, 0.717) is 6.54 Å². The van der Waals surface area contributed by atoms with E-state index in [9.17, 15) is 0 Å². The van der Waals surface area contributed by atoms with Crippen LogP contribution in [0.4, 0.5) is 11.6 Å². The third-order valence-corrected chi connectivity index (χ3v) is 3.86. The topological polar surface area (TPSA) is 67.7 Å². The highest BCUT2D eigenvalue weighted by molar-refractivity contribution is 9.10. The fourth-order valence-corrected chi connectivity index (χ4v) is 2.55. The number of halogens is 1. The predicted molar refractivity (Wildman–Crippen MR) is 88.4 cm³/mol. The van der Waals surface area contributed by atoms with Gasteiger partial charge in [0.1, 0.15) is 22.4 Å². The van der Waals surface area contributed by atoms with E-state index in [-0.39, 0.29) is 0 Å². The van der Waals surface area contributed by atoms with Crippen molar-refractivity contribution in [3.63, 3.8) is 0 Å². The fourth-order valence-electron chi connectivity index (χ4n) is 2.07. The van der Waals surface area contributed by atoms with Crippen molar-refractivity contribution in [1.82, 2.24) is 19.7 Å². The highest BCUT2D eigenvalue weighted by Crippen LogP contribution is 2.27. The van der Waals surface area contributed by atoms with Gasteiger partial charge in [0.05, 0.1) is 5.69 Å². The van der Waals surface area contributed by atoms with Crippen LogP contribution in [0.25, 0.3) is 0 Å². The average molecular weight is 353 g/mol. The molecule has 0 aliphatic heterocycles. The molecular formula is C14H21BrN6. The molecule has 0 saturated heterocycles. The standard InChI is InChI=1S/C14H21BrN6/c1-4-6-16-13-12(15)14(19-9-18-13)17-7-10-8-21(3)20-11(10)5-2/h8-9H,4-7H2,1-3H3,(H2,16,17,18,19). The van der Waals surface area contributed by atoms with E-state index in [1.807, 2.05) is 17.9 Å². The first kappa shape index (κ1) is 15.8. The summed E-state index contributed by atoms with van der Waals surface area (Å²) in [5.41, 5.74) is 2.30. The van der Waals surface area contributed by atoms with E-state index < -0.39 is 0 Å². The number of aryl methyl sites for hydroxylation is 2. The summed E-state index contributed by atoms with van der Waals surface area (Å²) in [6, 6.07) is 0. The minimum Gasteiger partial charge on any atom is -0.369 e. The summed E-state index contributed by atoms with van der Waals surface area (Å²) >= 11 is 3.55. The monoisotopic (exact) mass is 352 g/mol. The second-order valence-electron chi connectivity index (χ2n) is 4.79. The van der Waals surface area contributed by atoms with E-state index in [2.05, 4.69) is 55.5 Å². The third-order valence-electron chi connectivity index (χ3n) is 3.10. The Morgan fingerprint density at radius 3 is 2.57 bits per heavy atom. The first-order chi connectivity index (χ1) is 10.2. The van der Waals surface area contributed by atoms with Crippen LogP contribution >= 0.6 is 15.9 Å². The van der Waals surface area contributed by atoms with Crippen molar-refractivity contribution >= 4 is 27.6 Å². The van der Waals surface area contributed by atoms with Crippen LogP contribution in [0, 0.1) is 0 Å². The molecule has 0 amide bonds. The summed E-state index contributed by atoms with van der Waals surface area (Å²) in [4.78, 5) is 8.53. The van der Waals surface area contributed by atoms with Crippen molar-refractivity contribution in [3.05, 3.63) is 28.3 Å². The van der Waals surface area contributed by atoms with Crippen molar-refractivity contribution in [3.8, 4) is 0 Å². The van der Waals surface area contributed by atoms with Crippen LogP contribution in [-0.2, 0) is 20.0 Å². The number of hydrogen-bond donors (Lipinski definition) is 2. The maximum Gasteiger partial charge on any atom is 0.146 e. The average Bonchev–Trinajstić information content (AvgIpc) is 2.85. The van der Waals surface area contributed by atoms with Crippen LogP contribution in [0.3, 0.4) is 0 Å². The van der Waals surface area contributed by atoms with Gasteiger partial charge in [0.25, 0.3) is 0 Å². The molecule has 0 fully saturated rings. The lowest BCUT2D eigenvalue weighted by Gasteiger charge is -2.11. The van der Waals surface area contributed by atoms with Gasteiger partial charge >= 0.3 is 0 Å². The third kappa shape index (κ3) is 3.93. The van der Waals surface area contributed by atoms with Gasteiger partial charge in [0, 0.05) is 31.9 Å². The van der Waals surface area contributed by atoms with E-state index in [0.717, 1.165) is 41.2 Å². The molecule has 2 heterocycles. The molecule has 114 valence electrons. The Morgan fingerprint density at radius 2 is 1.90 bits per heavy atom. The molecule has 0 atom stereocenters. The SMILES string of the molecule is CCCNc1ncnc(NCc2cn(C)nc2CC)c1Br. The van der Waals surface area contributed by atoms with Crippen molar-refractivity contribution < 1.29 is 0 Å². The molecule has 2 aromatic rings. The van der Waals surface area contributed by atoms with Crippen LogP contribution in [0.1, 0.15) is 31.5 Å². The summed E-state index contributed by atoms with van der Waals surface area (Å²) in [5.74, 6) is 1.60. The number of anilines is 2. The van der Waals surface area contributed by atoms with Crippen molar-refractivity contribution in [2.24, 2.45) is 7.05 Å². The number of hydrogen-bond acceptors (Lipinski definition) is 5. The quantitative estimate of drug-likeness (QED) is 0.801. The van der Waals surface area contributed by atoms with Gasteiger partial charge in [-0.05, 0) is 28.8 Å². The van der Waals surface area contributed by atoms with Crippen molar-refractivity contribution in [2.75, 3.05) is 17.2 Å². The summed E-state index contributed by atoms with van der Waals surface area (Å²) < 4.78 is 2.71. The smallest absolute Gasteiger partial charge is 0.146 e. The molecule has 0 aromatic carbocycles. The van der Waals surface area contributed by atoms with Gasteiger partial charge in [-0.2, -0.15) is 5.10 Å². The van der Waals surface area contributed by atoms with Crippen LogP contribution in [0.2, 0.25) is 0 Å². The first-order valence-electron chi connectivity index (χ1n) is 7.15. The van der Waals surface area contributed by atoms with Crippen molar-refractivity contribution in [2.45, 2.75) is 33.2 Å². The molecule has 0 radical (unpaired) electrons. The molecule has 0 aliphatic carbocycles. The molecule has 0 saturated carbocycles. The first-order valence-corrected chi connectivity index (χ1v) is 7.94. The molecule has 0 bridgehead atoms. The molecular weight excluding hydrogens is 332 g/mol. The minimum atomic E-state index is 0.694. The molecule has 0 aliphatic rings. The van der Waals surface area contributed by atoms with Gasteiger partial charge in [-0.1, -0.05) is 13.8 Å². The summed E-state index contributed by atoms with van der Waals surface area (Å²) in [5, 5.41) is 11.1. The van der Waals surface area contributed by atoms with Crippen LogP contribution in [0.15, 0.2) is 17.0 Å². The minimum absolute atomic E-state index is 0.694. The van der Waals surface area contributed by atoms with E-state index in [1.54, 1.807) is 6.33 Å². The lowest BCUT2D eigenvalue weighted by Crippen LogP contribution is -2.08. The summed E-state index contributed by atoms with van der Waals surface area (Å²) in [7, 11) is 1.94. The largest absolute Gasteiger partial charge is 0.369 e. The maximum absolute atomic E-state index is 4.44. The lowest BCUT2D eigenvalue weighted by atomic mass is 10.2. The van der Waals surface area contributed by atoms with Gasteiger partial charge in [0.2, 0.25) is 0 Å². The fraction of sp³-hybridized carbons (Fsp3) is 0.500. The number of nitrogens with zero attached hydrogens (tertiary/aromatic N) is 4. The zero-order chi connectivity index (χ0) is 15.2. The zero-order valence-corrected chi connectivity index (χ0v) is 14.2. The second kappa shape index (κ2) is 7.40. The summed E-state index contributed by atoms with van der Waals surface area (Å²) in [6.07, 6.45) is 5.58. The molecule has 21 heavy (non-hydrogen) atoms. The van der Waals surface area contributed by atoms with Gasteiger partial charge in [-0.15, -0.1) is 0 Å². The van der Waals surface area contributed by atoms with Gasteiger partial charge in [0.15, 0.2) is 0 Å². The Hall–Kier alpha value is -1.63. The Morgan fingerprint density at radius 1 is 1.19 bits per heavy atom. The molecule has 0 spiro atoms. The van der Waals surface area contributed by atoms with Gasteiger partial charge < -0.3 is 10.6 Å². The van der Waals surface area contributed by atoms with Gasteiger partial charge in [-0.25, -0.2) is 9.97 Å². The summed E-state index contributed by atoms with van der Waals surface area (Å²) in [6.45, 7) is 5.81. The van der Waals surface area contributed by atoms with E-state index in [4.69, 9.17) is 0 Å². The molecule has 7 heteroatoms. The van der Waals surface area contributed by atoms with Crippen molar-refractivity contribution in [1.29, 1.82) is 0 Å². The highest BCUT2D eigenvalue weighted by atomic mass is 79.9. The van der Waals surface area contributed by atoms with Crippen LogP contribution in [0.5, 0.6) is 0 Å². The second-order valence-corrected chi connectivity index (χ2v) is 5.59. The molecule has 2 aromatic heterocycles. The zero-order valence-electron chi connectivity index (χ0n) is 12.6. The molecule has 6 nitrogen and oxygen atoms in total. The molecule has 2 N–H and O–H groups in total. The molecule has 2 rings (SSSR count).